The second kappa shape index (κ2) is 5.99. The van der Waals surface area contributed by atoms with Crippen molar-refractivity contribution in [1.82, 2.24) is 4.90 Å². The Morgan fingerprint density at radius 2 is 2.23 bits per heavy atom. The second-order valence-corrected chi connectivity index (χ2v) is 6.13. The molecule has 0 spiro atoms. The summed E-state index contributed by atoms with van der Waals surface area (Å²) >= 11 is 0. The van der Waals surface area contributed by atoms with E-state index in [4.69, 9.17) is 4.74 Å². The maximum absolute atomic E-state index is 12.5. The summed E-state index contributed by atoms with van der Waals surface area (Å²) in [6, 6.07) is 5.64. The Bertz CT molecular complexity index is 598. The van der Waals surface area contributed by atoms with Crippen molar-refractivity contribution in [2.24, 2.45) is 5.92 Å². The minimum Gasteiger partial charge on any atom is -0.493 e. The molecule has 0 unspecified atom stereocenters. The van der Waals surface area contributed by atoms with Gasteiger partial charge in [0.25, 0.3) is 0 Å². The SMILES string of the molecule is C[C@@H]1[C@H](C(=O)O)CCCN1C(=O)Cc1ccc2c(c1)CCO2. The highest BCUT2D eigenvalue weighted by Crippen LogP contribution is 2.27. The fraction of sp³-hybridized carbons (Fsp3) is 0.529. The van der Waals surface area contributed by atoms with Crippen LogP contribution in [0.3, 0.4) is 0 Å². The standard InChI is InChI=1S/C17H21NO4/c1-11-14(17(20)21)3-2-7-18(11)16(19)10-12-4-5-15-13(9-12)6-8-22-15/h4-5,9,11,14H,2-3,6-8,10H2,1H3,(H,20,21)/t11-,14-/m1/s1. The number of amides is 1. The molecule has 2 aliphatic rings. The van der Waals surface area contributed by atoms with Crippen LogP contribution in [0.15, 0.2) is 18.2 Å². The van der Waals surface area contributed by atoms with E-state index in [0.717, 1.165) is 29.7 Å². The van der Waals surface area contributed by atoms with Gasteiger partial charge in [0.1, 0.15) is 5.75 Å². The lowest BCUT2D eigenvalue weighted by molar-refractivity contribution is -0.148. The zero-order valence-corrected chi connectivity index (χ0v) is 12.7. The van der Waals surface area contributed by atoms with E-state index in [-0.39, 0.29) is 11.9 Å². The number of aliphatic carboxylic acids is 1. The highest BCUT2D eigenvalue weighted by atomic mass is 16.5. The molecule has 1 aromatic carbocycles. The summed E-state index contributed by atoms with van der Waals surface area (Å²) in [5.41, 5.74) is 2.12. The van der Waals surface area contributed by atoms with Gasteiger partial charge in [0.05, 0.1) is 18.9 Å². The Balaban J connectivity index is 1.70. The van der Waals surface area contributed by atoms with Crippen LogP contribution in [0.2, 0.25) is 0 Å². The number of carboxylic acid groups (broad SMARTS) is 1. The van der Waals surface area contributed by atoms with E-state index in [0.29, 0.717) is 26.0 Å². The first-order chi connectivity index (χ1) is 10.6. The molecule has 118 valence electrons. The molecule has 5 nitrogen and oxygen atoms in total. The molecule has 2 aliphatic heterocycles. The number of nitrogens with zero attached hydrogens (tertiary/aromatic N) is 1. The largest absolute Gasteiger partial charge is 0.493 e. The third-order valence-electron chi connectivity index (χ3n) is 4.73. The molecule has 2 atom stereocenters. The van der Waals surface area contributed by atoms with Crippen molar-refractivity contribution >= 4 is 11.9 Å². The Morgan fingerprint density at radius 3 is 3.00 bits per heavy atom. The molecule has 0 radical (unpaired) electrons. The molecule has 1 N–H and O–H groups in total. The van der Waals surface area contributed by atoms with Crippen molar-refractivity contribution in [2.45, 2.75) is 38.6 Å². The van der Waals surface area contributed by atoms with Crippen LogP contribution in [0.5, 0.6) is 5.75 Å². The van der Waals surface area contributed by atoms with Gasteiger partial charge in [0, 0.05) is 19.0 Å². The Labute approximate surface area is 129 Å². The van der Waals surface area contributed by atoms with Crippen molar-refractivity contribution in [3.05, 3.63) is 29.3 Å². The van der Waals surface area contributed by atoms with Crippen molar-refractivity contribution in [3.63, 3.8) is 0 Å². The number of rotatable bonds is 3. The zero-order valence-electron chi connectivity index (χ0n) is 12.7. The molecule has 0 aliphatic carbocycles. The van der Waals surface area contributed by atoms with Crippen molar-refractivity contribution < 1.29 is 19.4 Å². The lowest BCUT2D eigenvalue weighted by Crippen LogP contribution is -2.49. The number of carboxylic acids is 1. The molecule has 2 heterocycles. The van der Waals surface area contributed by atoms with Crippen LogP contribution in [0.4, 0.5) is 0 Å². The number of ether oxygens (including phenoxy) is 1. The number of likely N-dealkylation sites (tertiary alicyclic amines) is 1. The summed E-state index contributed by atoms with van der Waals surface area (Å²) in [6.45, 7) is 3.19. The highest BCUT2D eigenvalue weighted by Gasteiger charge is 2.35. The molecule has 1 amide bonds. The van der Waals surface area contributed by atoms with Crippen LogP contribution < -0.4 is 4.74 Å². The average Bonchev–Trinajstić information content (AvgIpc) is 2.94. The van der Waals surface area contributed by atoms with E-state index in [1.165, 1.54) is 0 Å². The highest BCUT2D eigenvalue weighted by molar-refractivity contribution is 5.80. The molecule has 1 fully saturated rings. The number of hydrogen-bond donors (Lipinski definition) is 1. The molecule has 0 saturated carbocycles. The van der Waals surface area contributed by atoms with Gasteiger partial charge in [-0.1, -0.05) is 12.1 Å². The lowest BCUT2D eigenvalue weighted by atomic mass is 9.90. The van der Waals surface area contributed by atoms with E-state index in [1.807, 2.05) is 25.1 Å². The molecule has 3 rings (SSSR count). The molecular weight excluding hydrogens is 282 g/mol. The normalized spacial score (nSPS) is 23.8. The summed E-state index contributed by atoms with van der Waals surface area (Å²) in [6.07, 6.45) is 2.62. The van der Waals surface area contributed by atoms with Crippen LogP contribution in [-0.2, 0) is 22.4 Å². The fourth-order valence-electron chi connectivity index (χ4n) is 3.45. The Kier molecular flexibility index (Phi) is 4.05. The second-order valence-electron chi connectivity index (χ2n) is 6.13. The maximum Gasteiger partial charge on any atom is 0.308 e. The predicted octanol–water partition coefficient (Wildman–Crippen LogP) is 1.88. The first kappa shape index (κ1) is 14.9. The third kappa shape index (κ3) is 2.80. The van der Waals surface area contributed by atoms with Crippen molar-refractivity contribution in [3.8, 4) is 5.75 Å². The van der Waals surface area contributed by atoms with Crippen LogP contribution >= 0.6 is 0 Å². The number of hydrogen-bond acceptors (Lipinski definition) is 3. The summed E-state index contributed by atoms with van der Waals surface area (Å²) in [5, 5.41) is 9.25. The molecular formula is C17H21NO4. The van der Waals surface area contributed by atoms with Gasteiger partial charge < -0.3 is 14.7 Å². The first-order valence-electron chi connectivity index (χ1n) is 7.83. The average molecular weight is 303 g/mol. The summed E-state index contributed by atoms with van der Waals surface area (Å²) in [7, 11) is 0. The number of fused-ring (bicyclic) bond motifs is 1. The van der Waals surface area contributed by atoms with Crippen molar-refractivity contribution in [2.75, 3.05) is 13.2 Å². The van der Waals surface area contributed by atoms with Crippen LogP contribution in [-0.4, -0.2) is 41.1 Å². The van der Waals surface area contributed by atoms with E-state index < -0.39 is 11.9 Å². The first-order valence-corrected chi connectivity index (χ1v) is 7.83. The quantitative estimate of drug-likeness (QED) is 0.926. The number of piperidine rings is 1. The van der Waals surface area contributed by atoms with E-state index in [1.54, 1.807) is 4.90 Å². The molecule has 0 aromatic heterocycles. The number of carbonyl (C=O) groups excluding carboxylic acids is 1. The van der Waals surface area contributed by atoms with Gasteiger partial charge in [-0.15, -0.1) is 0 Å². The molecule has 0 bridgehead atoms. The monoisotopic (exact) mass is 303 g/mol. The van der Waals surface area contributed by atoms with Crippen LogP contribution in [0.1, 0.15) is 30.9 Å². The smallest absolute Gasteiger partial charge is 0.308 e. The molecule has 1 saturated heterocycles. The number of benzene rings is 1. The summed E-state index contributed by atoms with van der Waals surface area (Å²) < 4.78 is 5.47. The molecule has 1 aromatic rings. The van der Waals surface area contributed by atoms with Gasteiger partial charge in [0.15, 0.2) is 0 Å². The third-order valence-corrected chi connectivity index (χ3v) is 4.73. The zero-order chi connectivity index (χ0) is 15.7. The summed E-state index contributed by atoms with van der Waals surface area (Å²) in [5.74, 6) is -0.336. The fourth-order valence-corrected chi connectivity index (χ4v) is 3.45. The number of carbonyl (C=O) groups is 2. The van der Waals surface area contributed by atoms with Gasteiger partial charge in [-0.05, 0) is 37.0 Å². The van der Waals surface area contributed by atoms with E-state index in [9.17, 15) is 14.7 Å². The van der Waals surface area contributed by atoms with E-state index in [2.05, 4.69) is 0 Å². The minimum absolute atomic E-state index is 0.0114. The van der Waals surface area contributed by atoms with Gasteiger partial charge in [0.2, 0.25) is 5.91 Å². The molecule has 5 heteroatoms. The Morgan fingerprint density at radius 1 is 1.41 bits per heavy atom. The van der Waals surface area contributed by atoms with Gasteiger partial charge in [-0.3, -0.25) is 9.59 Å². The van der Waals surface area contributed by atoms with Crippen LogP contribution in [0.25, 0.3) is 0 Å². The lowest BCUT2D eigenvalue weighted by Gasteiger charge is -2.37. The molecule has 22 heavy (non-hydrogen) atoms. The topological polar surface area (TPSA) is 66.8 Å². The maximum atomic E-state index is 12.5. The summed E-state index contributed by atoms with van der Waals surface area (Å²) in [4.78, 5) is 25.5. The van der Waals surface area contributed by atoms with E-state index >= 15 is 0 Å². The minimum atomic E-state index is -0.806. The van der Waals surface area contributed by atoms with Crippen molar-refractivity contribution in [1.29, 1.82) is 0 Å². The van der Waals surface area contributed by atoms with Gasteiger partial charge in [-0.25, -0.2) is 0 Å². The Hall–Kier alpha value is -2.04. The van der Waals surface area contributed by atoms with Crippen LogP contribution in [0, 0.1) is 5.92 Å². The predicted molar refractivity (Wildman–Crippen MR) is 80.9 cm³/mol. The van der Waals surface area contributed by atoms with Gasteiger partial charge >= 0.3 is 5.97 Å². The van der Waals surface area contributed by atoms with Gasteiger partial charge in [-0.2, -0.15) is 0 Å².